The lowest BCUT2D eigenvalue weighted by atomic mass is 10.0. The largest absolute Gasteiger partial charge is 0.361 e. The maximum absolute atomic E-state index is 15.8. The van der Waals surface area contributed by atoms with Gasteiger partial charge in [-0.3, -0.25) is 14.2 Å². The van der Waals surface area contributed by atoms with Crippen LogP contribution in [0.5, 0.6) is 0 Å². The summed E-state index contributed by atoms with van der Waals surface area (Å²) >= 11 is 0. The Hall–Kier alpha value is -4.27. The molecule has 2 fully saturated rings. The lowest BCUT2D eigenvalue weighted by Crippen LogP contribution is -2.32. The van der Waals surface area contributed by atoms with Gasteiger partial charge in [0.15, 0.2) is 11.2 Å². The zero-order valence-electron chi connectivity index (χ0n) is 21.0. The fourth-order valence-electron chi connectivity index (χ4n) is 5.60. The molecule has 38 heavy (non-hydrogen) atoms. The molecule has 0 bridgehead atoms. The van der Waals surface area contributed by atoms with E-state index in [9.17, 15) is 9.59 Å². The summed E-state index contributed by atoms with van der Waals surface area (Å²) in [5.74, 6) is 0.309. The molecule has 4 heterocycles. The SMILES string of the molecule is Cn1cnc2c(=O)n(CC3CCN(C(=O)C4CC4)C3)c(-c3ccc(-c4ccc5cc[nH]c5c4)cc3F)nc21. The monoisotopic (exact) mass is 510 g/mol. The van der Waals surface area contributed by atoms with E-state index in [4.69, 9.17) is 4.98 Å². The maximum atomic E-state index is 15.8. The second-order valence-electron chi connectivity index (χ2n) is 10.6. The van der Waals surface area contributed by atoms with E-state index in [-0.39, 0.29) is 40.2 Å². The average Bonchev–Trinajstić information content (AvgIpc) is 3.29. The van der Waals surface area contributed by atoms with Crippen LogP contribution in [0, 0.1) is 17.7 Å². The third-order valence-electron chi connectivity index (χ3n) is 7.88. The van der Waals surface area contributed by atoms with Crippen molar-refractivity contribution in [2.24, 2.45) is 18.9 Å². The normalized spacial score (nSPS) is 17.6. The number of nitrogens with zero attached hydrogens (tertiary/aromatic N) is 5. The molecule has 1 amide bonds. The van der Waals surface area contributed by atoms with E-state index in [1.54, 1.807) is 28.6 Å². The zero-order chi connectivity index (χ0) is 26.0. The Kier molecular flexibility index (Phi) is 5.21. The van der Waals surface area contributed by atoms with Crippen LogP contribution in [0.1, 0.15) is 19.3 Å². The molecule has 0 radical (unpaired) electrons. The van der Waals surface area contributed by atoms with Gasteiger partial charge in [-0.15, -0.1) is 0 Å². The van der Waals surface area contributed by atoms with Gasteiger partial charge in [-0.05, 0) is 66.0 Å². The van der Waals surface area contributed by atoms with Gasteiger partial charge >= 0.3 is 0 Å². The van der Waals surface area contributed by atoms with Crippen molar-refractivity contribution >= 4 is 28.0 Å². The number of fused-ring (bicyclic) bond motifs is 2. The Bertz CT molecular complexity index is 1780. The molecule has 0 spiro atoms. The van der Waals surface area contributed by atoms with Crippen molar-refractivity contribution in [1.82, 2.24) is 29.0 Å². The summed E-state index contributed by atoms with van der Waals surface area (Å²) in [6.45, 7) is 1.65. The van der Waals surface area contributed by atoms with Crippen LogP contribution in [0.15, 0.2) is 59.8 Å². The molecule has 1 aliphatic heterocycles. The number of imidazole rings is 1. The van der Waals surface area contributed by atoms with Gasteiger partial charge in [0, 0.05) is 44.3 Å². The molecule has 9 heteroatoms. The molecule has 1 saturated heterocycles. The standard InChI is InChI=1S/C29H27FN6O2/c1-34-16-32-25-27(34)33-26(36(29(25)38)15-17-9-11-35(14-17)28(37)19-3-4-19)22-7-6-20(12-23(22)30)21-5-2-18-8-10-31-24(18)13-21/h2,5-8,10,12-13,16-17,19,31H,3-4,9,11,14-15H2,1H3. The molecule has 3 aromatic heterocycles. The number of aryl methyl sites for hydroxylation is 1. The predicted molar refractivity (Wildman–Crippen MR) is 143 cm³/mol. The summed E-state index contributed by atoms with van der Waals surface area (Å²) in [4.78, 5) is 40.3. The molecule has 1 aliphatic carbocycles. The number of carbonyl (C=O) groups excluding carboxylic acids is 1. The van der Waals surface area contributed by atoms with E-state index in [0.717, 1.165) is 41.3 Å². The Labute approximate surface area is 217 Å². The Morgan fingerprint density at radius 1 is 1.11 bits per heavy atom. The number of aromatic amines is 1. The summed E-state index contributed by atoms with van der Waals surface area (Å²) in [6, 6.07) is 13.0. The second-order valence-corrected chi connectivity index (χ2v) is 10.6. The van der Waals surface area contributed by atoms with Crippen molar-refractivity contribution in [2.45, 2.75) is 25.8 Å². The van der Waals surface area contributed by atoms with Crippen molar-refractivity contribution in [3.8, 4) is 22.5 Å². The molecule has 2 aromatic carbocycles. The third-order valence-corrected chi connectivity index (χ3v) is 7.88. The van der Waals surface area contributed by atoms with Gasteiger partial charge in [-0.2, -0.15) is 0 Å². The number of amides is 1. The third kappa shape index (κ3) is 3.81. The van der Waals surface area contributed by atoms with Gasteiger partial charge in [0.05, 0.1) is 11.9 Å². The molecule has 1 saturated carbocycles. The minimum absolute atomic E-state index is 0.0898. The fraction of sp³-hybridized carbons (Fsp3) is 0.310. The summed E-state index contributed by atoms with van der Waals surface area (Å²) in [5.41, 5.74) is 3.26. The van der Waals surface area contributed by atoms with Crippen LogP contribution in [0.25, 0.3) is 44.6 Å². The lowest BCUT2D eigenvalue weighted by molar-refractivity contribution is -0.131. The number of carbonyl (C=O) groups is 1. The second kappa shape index (κ2) is 8.65. The zero-order valence-corrected chi connectivity index (χ0v) is 21.0. The lowest BCUT2D eigenvalue weighted by Gasteiger charge is -2.19. The average molecular weight is 511 g/mol. The van der Waals surface area contributed by atoms with Crippen LogP contribution in [0.4, 0.5) is 4.39 Å². The van der Waals surface area contributed by atoms with Gasteiger partial charge in [0.1, 0.15) is 11.6 Å². The maximum Gasteiger partial charge on any atom is 0.281 e. The smallest absolute Gasteiger partial charge is 0.281 e. The van der Waals surface area contributed by atoms with E-state index in [1.165, 1.54) is 6.07 Å². The number of hydrogen-bond donors (Lipinski definition) is 1. The minimum atomic E-state index is -0.451. The van der Waals surface area contributed by atoms with E-state index >= 15 is 4.39 Å². The quantitative estimate of drug-likeness (QED) is 0.381. The first kappa shape index (κ1) is 22.9. The first-order chi connectivity index (χ1) is 18.5. The number of likely N-dealkylation sites (tertiary alicyclic amines) is 1. The fourth-order valence-corrected chi connectivity index (χ4v) is 5.60. The van der Waals surface area contributed by atoms with Crippen LogP contribution < -0.4 is 5.56 Å². The molecule has 1 N–H and O–H groups in total. The van der Waals surface area contributed by atoms with Crippen LogP contribution in [0.3, 0.4) is 0 Å². The van der Waals surface area contributed by atoms with Crippen molar-refractivity contribution < 1.29 is 9.18 Å². The first-order valence-electron chi connectivity index (χ1n) is 13.0. The van der Waals surface area contributed by atoms with Gasteiger partial charge in [0.2, 0.25) is 5.91 Å². The summed E-state index contributed by atoms with van der Waals surface area (Å²) in [6.07, 6.45) is 6.17. The van der Waals surface area contributed by atoms with E-state index in [0.29, 0.717) is 25.3 Å². The number of aromatic nitrogens is 5. The topological polar surface area (TPSA) is 88.8 Å². The van der Waals surface area contributed by atoms with Crippen molar-refractivity contribution in [2.75, 3.05) is 13.1 Å². The van der Waals surface area contributed by atoms with Gasteiger partial charge < -0.3 is 14.5 Å². The molecular weight excluding hydrogens is 483 g/mol. The summed E-state index contributed by atoms with van der Waals surface area (Å²) < 4.78 is 19.0. The van der Waals surface area contributed by atoms with Gasteiger partial charge in [-0.1, -0.05) is 18.2 Å². The van der Waals surface area contributed by atoms with Crippen LogP contribution >= 0.6 is 0 Å². The Morgan fingerprint density at radius 3 is 2.74 bits per heavy atom. The van der Waals surface area contributed by atoms with Crippen LogP contribution in [-0.4, -0.2) is 48.0 Å². The van der Waals surface area contributed by atoms with Gasteiger partial charge in [-0.25, -0.2) is 14.4 Å². The highest BCUT2D eigenvalue weighted by molar-refractivity contribution is 5.85. The highest BCUT2D eigenvalue weighted by Crippen LogP contribution is 2.34. The van der Waals surface area contributed by atoms with Crippen LogP contribution in [-0.2, 0) is 18.4 Å². The first-order valence-corrected chi connectivity index (χ1v) is 13.0. The van der Waals surface area contributed by atoms with E-state index in [2.05, 4.69) is 9.97 Å². The number of hydrogen-bond acceptors (Lipinski definition) is 4. The Balaban J connectivity index is 1.27. The molecule has 8 nitrogen and oxygen atoms in total. The minimum Gasteiger partial charge on any atom is -0.361 e. The van der Waals surface area contributed by atoms with Gasteiger partial charge in [0.25, 0.3) is 5.56 Å². The highest BCUT2D eigenvalue weighted by Gasteiger charge is 2.37. The number of rotatable bonds is 5. The molecule has 1 unspecified atom stereocenters. The summed E-state index contributed by atoms with van der Waals surface area (Å²) in [7, 11) is 1.77. The predicted octanol–water partition coefficient (Wildman–Crippen LogP) is 4.34. The summed E-state index contributed by atoms with van der Waals surface area (Å²) in [5, 5.41) is 1.09. The number of nitrogens with one attached hydrogen (secondary N) is 1. The van der Waals surface area contributed by atoms with Crippen LogP contribution in [0.2, 0.25) is 0 Å². The highest BCUT2D eigenvalue weighted by atomic mass is 19.1. The molecule has 2 aliphatic rings. The Morgan fingerprint density at radius 2 is 1.92 bits per heavy atom. The van der Waals surface area contributed by atoms with Crippen molar-refractivity contribution in [3.63, 3.8) is 0 Å². The molecular formula is C29H27FN6O2. The molecule has 192 valence electrons. The van der Waals surface area contributed by atoms with Crippen molar-refractivity contribution in [1.29, 1.82) is 0 Å². The molecule has 7 rings (SSSR count). The van der Waals surface area contributed by atoms with Crippen molar-refractivity contribution in [3.05, 3.63) is 71.2 Å². The number of benzene rings is 2. The number of halogens is 1. The van der Waals surface area contributed by atoms with E-state index in [1.807, 2.05) is 41.4 Å². The molecule has 5 aromatic rings. The van der Waals surface area contributed by atoms with E-state index < -0.39 is 5.82 Å². The number of H-pyrrole nitrogens is 1. The molecule has 1 atom stereocenters.